The summed E-state index contributed by atoms with van der Waals surface area (Å²) in [6.07, 6.45) is 2.16. The number of rotatable bonds is 6. The number of piperidine rings is 1. The maximum atomic E-state index is 15.9. The summed E-state index contributed by atoms with van der Waals surface area (Å²) in [7, 11) is 2.03. The Morgan fingerprint density at radius 3 is 2.74 bits per heavy atom. The monoisotopic (exact) mass is 573 g/mol. The number of pyridine rings is 1. The minimum absolute atomic E-state index is 0.0711. The molecule has 4 aromatic heterocycles. The van der Waals surface area contributed by atoms with Gasteiger partial charge in [0.1, 0.15) is 5.82 Å². The number of alkyl halides is 2. The molecule has 6 aromatic rings. The van der Waals surface area contributed by atoms with E-state index >= 15 is 4.39 Å². The predicted molar refractivity (Wildman–Crippen MR) is 151 cm³/mol. The molecule has 0 radical (unpaired) electrons. The summed E-state index contributed by atoms with van der Waals surface area (Å²) in [5, 5.41) is 7.90. The van der Waals surface area contributed by atoms with E-state index in [1.165, 1.54) is 16.8 Å². The van der Waals surface area contributed by atoms with Crippen LogP contribution >= 0.6 is 0 Å². The lowest BCUT2D eigenvalue weighted by Gasteiger charge is -2.30. The van der Waals surface area contributed by atoms with Crippen LogP contribution in [0.15, 0.2) is 70.1 Å². The van der Waals surface area contributed by atoms with Crippen molar-refractivity contribution in [3.63, 3.8) is 0 Å². The molecule has 0 saturated carbocycles. The molecule has 0 spiro atoms. The Hall–Kier alpha value is -4.71. The van der Waals surface area contributed by atoms with Gasteiger partial charge in [0, 0.05) is 41.5 Å². The number of hydrogen-bond donors (Lipinski definition) is 1. The molecular weight excluding hydrogens is 547 g/mol. The number of fused-ring (bicyclic) bond motifs is 2. The first kappa shape index (κ1) is 26.2. The average Bonchev–Trinajstić information content (AvgIpc) is 3.72. The fourth-order valence-electron chi connectivity index (χ4n) is 5.92. The molecule has 12 heteroatoms. The minimum atomic E-state index is -2.87. The third-order valence-corrected chi connectivity index (χ3v) is 7.92. The van der Waals surface area contributed by atoms with Crippen LogP contribution in [-0.2, 0) is 6.54 Å². The second-order valence-corrected chi connectivity index (χ2v) is 10.6. The number of nitrogens with one attached hydrogen (secondary N) is 1. The minimum Gasteiger partial charge on any atom is -0.415 e. The van der Waals surface area contributed by atoms with Crippen molar-refractivity contribution in [2.45, 2.75) is 31.9 Å². The van der Waals surface area contributed by atoms with Gasteiger partial charge in [-0.15, -0.1) is 10.2 Å². The maximum absolute atomic E-state index is 15.9. The molecular formula is C30H26F3N7O2. The van der Waals surface area contributed by atoms with E-state index in [2.05, 4.69) is 25.1 Å². The lowest BCUT2D eigenvalue weighted by Crippen LogP contribution is -2.38. The standard InChI is InChI=1S/C30H26F3N7O2/c1-38-11-3-4-19(16-38)40-26-12-22(20-5-2-6-24-21(20)9-10-34-24)23(31)13-25(26)39(30(40)41)15-18-8-7-17(14-35-18)28-36-37-29(42-28)27(32)33/h2,5-10,12-14,19,27,34H,3-4,11,15-16H2,1H3/t19-/m1/s1. The van der Waals surface area contributed by atoms with E-state index in [0.717, 1.165) is 35.9 Å². The lowest BCUT2D eigenvalue weighted by atomic mass is 10.00. The largest absolute Gasteiger partial charge is 0.415 e. The van der Waals surface area contributed by atoms with Crippen LogP contribution in [0.2, 0.25) is 0 Å². The Balaban J connectivity index is 1.33. The molecule has 214 valence electrons. The summed E-state index contributed by atoms with van der Waals surface area (Å²) in [4.78, 5) is 23.8. The summed E-state index contributed by atoms with van der Waals surface area (Å²) >= 11 is 0. The SMILES string of the molecule is CN1CCC[C@@H](n2c(=O)n(Cc3ccc(-c4nnc(C(F)F)o4)cn3)c3cc(F)c(-c4cccc5[nH]ccc45)cc32)C1. The zero-order valence-electron chi connectivity index (χ0n) is 22.6. The molecule has 1 atom stereocenters. The number of aromatic nitrogens is 6. The van der Waals surface area contributed by atoms with Crippen LogP contribution in [0, 0.1) is 5.82 Å². The van der Waals surface area contributed by atoms with Crippen LogP contribution in [0.5, 0.6) is 0 Å². The van der Waals surface area contributed by atoms with Crippen LogP contribution in [0.3, 0.4) is 0 Å². The first-order valence-corrected chi connectivity index (χ1v) is 13.6. The van der Waals surface area contributed by atoms with E-state index in [1.807, 2.05) is 37.5 Å². The predicted octanol–water partition coefficient (Wildman–Crippen LogP) is 5.79. The number of halogens is 3. The molecule has 1 fully saturated rings. The van der Waals surface area contributed by atoms with Gasteiger partial charge in [0.25, 0.3) is 5.89 Å². The number of likely N-dealkylation sites (tertiary alicyclic amines) is 1. The highest BCUT2D eigenvalue weighted by Crippen LogP contribution is 2.34. The summed E-state index contributed by atoms with van der Waals surface area (Å²) in [6, 6.07) is 14.0. The molecule has 9 nitrogen and oxygen atoms in total. The van der Waals surface area contributed by atoms with Gasteiger partial charge in [-0.25, -0.2) is 9.18 Å². The second kappa shape index (κ2) is 10.3. The van der Waals surface area contributed by atoms with Crippen LogP contribution in [0.1, 0.15) is 36.9 Å². The van der Waals surface area contributed by atoms with E-state index in [9.17, 15) is 13.6 Å². The molecule has 0 unspecified atom stereocenters. The van der Waals surface area contributed by atoms with Crippen molar-refractivity contribution >= 4 is 21.9 Å². The molecule has 1 N–H and O–H groups in total. The molecule has 5 heterocycles. The quantitative estimate of drug-likeness (QED) is 0.271. The van der Waals surface area contributed by atoms with Gasteiger partial charge in [-0.1, -0.05) is 12.1 Å². The number of hydrogen-bond acceptors (Lipinski definition) is 6. The van der Waals surface area contributed by atoms with E-state index in [-0.39, 0.29) is 24.2 Å². The van der Waals surface area contributed by atoms with Gasteiger partial charge in [-0.2, -0.15) is 8.78 Å². The van der Waals surface area contributed by atoms with Gasteiger partial charge in [0.15, 0.2) is 0 Å². The Kier molecular flexibility index (Phi) is 6.42. The van der Waals surface area contributed by atoms with Crippen molar-refractivity contribution in [2.24, 2.45) is 0 Å². The van der Waals surface area contributed by atoms with Crippen molar-refractivity contribution in [1.29, 1.82) is 0 Å². The fourth-order valence-corrected chi connectivity index (χ4v) is 5.92. The zero-order chi connectivity index (χ0) is 29.0. The number of nitrogens with zero attached hydrogens (tertiary/aromatic N) is 6. The van der Waals surface area contributed by atoms with Gasteiger partial charge in [-0.05, 0) is 62.3 Å². The second-order valence-electron chi connectivity index (χ2n) is 10.6. The normalized spacial score (nSPS) is 16.3. The number of imidazole rings is 1. The summed E-state index contributed by atoms with van der Waals surface area (Å²) in [6.45, 7) is 1.74. The van der Waals surface area contributed by atoms with Crippen molar-refractivity contribution in [3.8, 4) is 22.6 Å². The number of likely N-dealkylation sites (N-methyl/N-ethyl adjacent to an activating group) is 1. The summed E-state index contributed by atoms with van der Waals surface area (Å²) in [5.74, 6) is -1.28. The Labute approximate surface area is 237 Å². The highest BCUT2D eigenvalue weighted by molar-refractivity contribution is 5.97. The maximum Gasteiger partial charge on any atom is 0.329 e. The van der Waals surface area contributed by atoms with E-state index in [0.29, 0.717) is 34.4 Å². The molecule has 1 saturated heterocycles. The van der Waals surface area contributed by atoms with E-state index < -0.39 is 18.1 Å². The molecule has 0 amide bonds. The molecule has 0 aliphatic carbocycles. The molecule has 1 aliphatic heterocycles. The van der Waals surface area contributed by atoms with Crippen LogP contribution in [0.25, 0.3) is 44.5 Å². The third kappa shape index (κ3) is 4.48. The highest BCUT2D eigenvalue weighted by Gasteiger charge is 2.26. The van der Waals surface area contributed by atoms with Gasteiger partial charge in [0.2, 0.25) is 5.89 Å². The summed E-state index contributed by atoms with van der Waals surface area (Å²) in [5.41, 5.74) is 3.85. The van der Waals surface area contributed by atoms with Gasteiger partial charge in [0.05, 0.1) is 34.9 Å². The molecule has 42 heavy (non-hydrogen) atoms. The summed E-state index contributed by atoms with van der Waals surface area (Å²) < 4.78 is 49.9. The zero-order valence-corrected chi connectivity index (χ0v) is 22.6. The highest BCUT2D eigenvalue weighted by atomic mass is 19.3. The smallest absolute Gasteiger partial charge is 0.329 e. The molecule has 2 aromatic carbocycles. The molecule has 7 rings (SSSR count). The fraction of sp³-hybridized carbons (Fsp3) is 0.267. The van der Waals surface area contributed by atoms with Crippen molar-refractivity contribution in [2.75, 3.05) is 20.1 Å². The van der Waals surface area contributed by atoms with Crippen LogP contribution < -0.4 is 5.69 Å². The van der Waals surface area contributed by atoms with Crippen molar-refractivity contribution in [1.82, 2.24) is 34.2 Å². The topological polar surface area (TPSA) is 97.8 Å². The Bertz CT molecular complexity index is 1970. The first-order valence-electron chi connectivity index (χ1n) is 13.6. The molecule has 1 aliphatic rings. The van der Waals surface area contributed by atoms with Gasteiger partial charge >= 0.3 is 12.1 Å². The first-order chi connectivity index (χ1) is 20.4. The number of H-pyrrole nitrogens is 1. The van der Waals surface area contributed by atoms with Crippen LogP contribution in [0.4, 0.5) is 13.2 Å². The number of aromatic amines is 1. The van der Waals surface area contributed by atoms with Crippen LogP contribution in [-0.4, -0.2) is 54.3 Å². The average molecular weight is 574 g/mol. The van der Waals surface area contributed by atoms with Crippen molar-refractivity contribution in [3.05, 3.63) is 88.8 Å². The van der Waals surface area contributed by atoms with Gasteiger partial charge < -0.3 is 14.3 Å². The van der Waals surface area contributed by atoms with Gasteiger partial charge in [-0.3, -0.25) is 14.1 Å². The van der Waals surface area contributed by atoms with Crippen molar-refractivity contribution < 1.29 is 17.6 Å². The number of benzene rings is 2. The Morgan fingerprint density at radius 1 is 1.10 bits per heavy atom. The van der Waals surface area contributed by atoms with E-state index in [1.54, 1.807) is 22.8 Å². The molecule has 0 bridgehead atoms. The Morgan fingerprint density at radius 2 is 1.98 bits per heavy atom. The third-order valence-electron chi connectivity index (χ3n) is 7.92. The lowest BCUT2D eigenvalue weighted by molar-refractivity contribution is 0.116. The van der Waals surface area contributed by atoms with E-state index in [4.69, 9.17) is 4.42 Å².